The summed E-state index contributed by atoms with van der Waals surface area (Å²) in [5.74, 6) is 0.677. The van der Waals surface area contributed by atoms with Gasteiger partial charge in [0.05, 0.1) is 18.4 Å². The molecule has 7 nitrogen and oxygen atoms in total. The number of nitrogens with two attached hydrogens (primary N) is 1. The average Bonchev–Trinajstić information content (AvgIpc) is 2.73. The van der Waals surface area contributed by atoms with Crippen LogP contribution in [-0.4, -0.2) is 41.2 Å². The van der Waals surface area contributed by atoms with Crippen LogP contribution in [0.25, 0.3) is 0 Å². The minimum atomic E-state index is -3.74. The minimum absolute atomic E-state index is 0.0299. The average molecular weight is 419 g/mol. The van der Waals surface area contributed by atoms with Crippen molar-refractivity contribution < 1.29 is 22.7 Å². The number of ether oxygens (including phenoxy) is 2. The number of hydrogen-bond acceptors (Lipinski definition) is 5. The molecule has 0 bridgehead atoms. The van der Waals surface area contributed by atoms with Crippen molar-refractivity contribution in [2.75, 3.05) is 26.9 Å². The Kier molecular flexibility index (Phi) is 6.56. The maximum absolute atomic E-state index is 12.5. The molecule has 1 aliphatic heterocycles. The van der Waals surface area contributed by atoms with Crippen LogP contribution in [0.1, 0.15) is 24.0 Å². The summed E-state index contributed by atoms with van der Waals surface area (Å²) in [7, 11) is -2.10. The molecule has 1 amide bonds. The maximum Gasteiger partial charge on any atom is 0.238 e. The van der Waals surface area contributed by atoms with Gasteiger partial charge in [-0.05, 0) is 48.2 Å². The van der Waals surface area contributed by atoms with Gasteiger partial charge in [0, 0.05) is 25.2 Å². The molecule has 3 N–H and O–H groups in total. The number of carbonyl (C=O) groups is 1. The number of nitrogens with one attached hydrogen (secondary N) is 1. The number of primary sulfonamides is 1. The summed E-state index contributed by atoms with van der Waals surface area (Å²) in [5, 5.41) is 8.15. The molecule has 1 saturated heterocycles. The molecule has 0 radical (unpaired) electrons. The van der Waals surface area contributed by atoms with E-state index in [0.29, 0.717) is 19.8 Å². The molecule has 1 fully saturated rings. The van der Waals surface area contributed by atoms with Crippen LogP contribution in [0.3, 0.4) is 0 Å². The van der Waals surface area contributed by atoms with Gasteiger partial charge in [-0.15, -0.1) is 0 Å². The fraction of sp³-hybridized carbons (Fsp3) is 0.381. The van der Waals surface area contributed by atoms with E-state index in [2.05, 4.69) is 5.32 Å². The van der Waals surface area contributed by atoms with E-state index in [4.69, 9.17) is 14.6 Å². The lowest BCUT2D eigenvalue weighted by Gasteiger charge is -2.38. The topological polar surface area (TPSA) is 108 Å². The molecule has 0 spiro atoms. The molecule has 0 atom stereocenters. The van der Waals surface area contributed by atoms with Crippen molar-refractivity contribution in [2.24, 2.45) is 5.14 Å². The molecule has 0 aliphatic carbocycles. The van der Waals surface area contributed by atoms with Crippen LogP contribution >= 0.6 is 0 Å². The van der Waals surface area contributed by atoms with Gasteiger partial charge < -0.3 is 14.8 Å². The van der Waals surface area contributed by atoms with Crippen molar-refractivity contribution in [3.63, 3.8) is 0 Å². The second kappa shape index (κ2) is 8.94. The van der Waals surface area contributed by atoms with Gasteiger partial charge in [0.15, 0.2) is 0 Å². The highest BCUT2D eigenvalue weighted by Gasteiger charge is 2.34. The highest BCUT2D eigenvalue weighted by molar-refractivity contribution is 7.89. The minimum Gasteiger partial charge on any atom is -0.497 e. The number of carbonyl (C=O) groups excluding carboxylic acids is 1. The van der Waals surface area contributed by atoms with Crippen molar-refractivity contribution in [3.8, 4) is 5.75 Å². The van der Waals surface area contributed by atoms with E-state index in [1.165, 1.54) is 12.1 Å². The number of amides is 1. The summed E-state index contributed by atoms with van der Waals surface area (Å²) in [6.07, 6.45) is 1.81. The normalized spacial score (nSPS) is 16.2. The molecule has 2 aromatic carbocycles. The molecule has 0 unspecified atom stereocenters. The lowest BCUT2D eigenvalue weighted by atomic mass is 9.74. The Morgan fingerprint density at radius 2 is 1.72 bits per heavy atom. The summed E-state index contributed by atoms with van der Waals surface area (Å²) in [6.45, 7) is 1.81. The highest BCUT2D eigenvalue weighted by Crippen LogP contribution is 2.35. The quantitative estimate of drug-likeness (QED) is 0.712. The third kappa shape index (κ3) is 5.35. The molecule has 8 heteroatoms. The van der Waals surface area contributed by atoms with Crippen LogP contribution in [0.4, 0.5) is 0 Å². The fourth-order valence-electron chi connectivity index (χ4n) is 3.59. The van der Waals surface area contributed by atoms with Crippen LogP contribution in [0.2, 0.25) is 0 Å². The first-order valence-electron chi connectivity index (χ1n) is 9.43. The van der Waals surface area contributed by atoms with Gasteiger partial charge in [-0.1, -0.05) is 24.3 Å². The molecule has 2 aromatic rings. The first-order chi connectivity index (χ1) is 13.8. The Morgan fingerprint density at radius 1 is 1.10 bits per heavy atom. The Balaban J connectivity index is 1.66. The van der Waals surface area contributed by atoms with Crippen molar-refractivity contribution in [2.45, 2.75) is 29.6 Å². The maximum atomic E-state index is 12.5. The Bertz CT molecular complexity index is 934. The van der Waals surface area contributed by atoms with E-state index < -0.39 is 10.0 Å². The zero-order valence-electron chi connectivity index (χ0n) is 16.4. The smallest absolute Gasteiger partial charge is 0.238 e. The molecular weight excluding hydrogens is 392 g/mol. The SMILES string of the molecule is COc1ccc(C2(CNC(=O)Cc3ccc(S(N)(=O)=O)cc3)CCOCC2)cc1. The zero-order chi connectivity index (χ0) is 20.9. The second-order valence-corrected chi connectivity index (χ2v) is 8.83. The summed E-state index contributed by atoms with van der Waals surface area (Å²) in [5.41, 5.74) is 1.69. The lowest BCUT2D eigenvalue weighted by molar-refractivity contribution is -0.120. The van der Waals surface area contributed by atoms with Gasteiger partial charge in [0.1, 0.15) is 5.75 Å². The van der Waals surface area contributed by atoms with E-state index in [9.17, 15) is 13.2 Å². The Morgan fingerprint density at radius 3 is 2.28 bits per heavy atom. The van der Waals surface area contributed by atoms with Crippen LogP contribution in [0, 0.1) is 0 Å². The monoisotopic (exact) mass is 418 g/mol. The largest absolute Gasteiger partial charge is 0.497 e. The first-order valence-corrected chi connectivity index (χ1v) is 11.0. The predicted molar refractivity (Wildman–Crippen MR) is 109 cm³/mol. The van der Waals surface area contributed by atoms with E-state index in [1.54, 1.807) is 19.2 Å². The van der Waals surface area contributed by atoms with E-state index in [0.717, 1.165) is 29.7 Å². The molecule has 156 valence electrons. The molecule has 0 saturated carbocycles. The third-order valence-electron chi connectivity index (χ3n) is 5.39. The van der Waals surface area contributed by atoms with Crippen LogP contribution in [0.5, 0.6) is 5.75 Å². The Hall–Kier alpha value is -2.42. The molecule has 1 aliphatic rings. The molecule has 3 rings (SSSR count). The van der Waals surface area contributed by atoms with Gasteiger partial charge in [0.25, 0.3) is 0 Å². The van der Waals surface area contributed by atoms with E-state index >= 15 is 0 Å². The predicted octanol–water partition coefficient (Wildman–Crippen LogP) is 1.75. The summed E-state index contributed by atoms with van der Waals surface area (Å²) in [4.78, 5) is 12.5. The zero-order valence-corrected chi connectivity index (χ0v) is 17.2. The number of benzene rings is 2. The van der Waals surface area contributed by atoms with Crippen molar-refractivity contribution >= 4 is 15.9 Å². The fourth-order valence-corrected chi connectivity index (χ4v) is 4.10. The van der Waals surface area contributed by atoms with E-state index in [1.807, 2.05) is 24.3 Å². The third-order valence-corrected chi connectivity index (χ3v) is 6.32. The highest BCUT2D eigenvalue weighted by atomic mass is 32.2. The van der Waals surface area contributed by atoms with Gasteiger partial charge >= 0.3 is 0 Å². The van der Waals surface area contributed by atoms with Gasteiger partial charge in [-0.2, -0.15) is 0 Å². The van der Waals surface area contributed by atoms with Gasteiger partial charge in [-0.25, -0.2) is 13.6 Å². The van der Waals surface area contributed by atoms with E-state index in [-0.39, 0.29) is 22.6 Å². The summed E-state index contributed by atoms with van der Waals surface area (Å²) in [6, 6.07) is 14.0. The van der Waals surface area contributed by atoms with Crippen LogP contribution in [0.15, 0.2) is 53.4 Å². The summed E-state index contributed by atoms with van der Waals surface area (Å²) >= 11 is 0. The standard InChI is InChI=1S/C21H26N2O5S/c1-27-18-6-4-17(5-7-18)21(10-12-28-13-11-21)15-23-20(24)14-16-2-8-19(9-3-16)29(22,25)26/h2-9H,10-15H2,1H3,(H,23,24)(H2,22,25,26). The second-order valence-electron chi connectivity index (χ2n) is 7.26. The molecule has 1 heterocycles. The summed E-state index contributed by atoms with van der Waals surface area (Å²) < 4.78 is 33.4. The number of methoxy groups -OCH3 is 1. The molecule has 0 aromatic heterocycles. The van der Waals surface area contributed by atoms with Crippen LogP contribution < -0.4 is 15.2 Å². The molecular formula is C21H26N2O5S. The van der Waals surface area contributed by atoms with Crippen molar-refractivity contribution in [3.05, 3.63) is 59.7 Å². The van der Waals surface area contributed by atoms with Gasteiger partial charge in [0.2, 0.25) is 15.9 Å². The molecule has 29 heavy (non-hydrogen) atoms. The lowest BCUT2D eigenvalue weighted by Crippen LogP contribution is -2.45. The van der Waals surface area contributed by atoms with Crippen molar-refractivity contribution in [1.82, 2.24) is 5.32 Å². The van der Waals surface area contributed by atoms with Crippen LogP contribution in [-0.2, 0) is 31.4 Å². The van der Waals surface area contributed by atoms with Crippen molar-refractivity contribution in [1.29, 1.82) is 0 Å². The van der Waals surface area contributed by atoms with Gasteiger partial charge in [-0.3, -0.25) is 4.79 Å². The first kappa shape index (κ1) is 21.3. The number of rotatable bonds is 7. The Labute approximate surface area is 171 Å². The number of hydrogen-bond donors (Lipinski definition) is 2. The number of sulfonamides is 1.